The Morgan fingerprint density at radius 1 is 1.17 bits per heavy atom. The number of hydrogen-bond acceptors (Lipinski definition) is 4. The molecular weight excluding hydrogens is 400 g/mol. The zero-order chi connectivity index (χ0) is 22.1. The summed E-state index contributed by atoms with van der Waals surface area (Å²) in [5, 5.41) is 3.02. The van der Waals surface area contributed by atoms with Crippen LogP contribution in [0.2, 0.25) is 0 Å². The van der Waals surface area contributed by atoms with Crippen molar-refractivity contribution in [2.45, 2.75) is 37.6 Å². The molecule has 0 aliphatic carbocycles. The van der Waals surface area contributed by atoms with E-state index in [1.807, 2.05) is 49.7 Å². The van der Waals surface area contributed by atoms with E-state index in [1.54, 1.807) is 18.2 Å². The number of carbonyl (C=O) groups excluding carboxylic acids is 1. The first kappa shape index (κ1) is 22.0. The van der Waals surface area contributed by atoms with Gasteiger partial charge in [0.2, 0.25) is 15.9 Å². The predicted molar refractivity (Wildman–Crippen MR) is 118 cm³/mol. The maximum absolute atomic E-state index is 12.4. The lowest BCUT2D eigenvalue weighted by Crippen LogP contribution is -2.27. The van der Waals surface area contributed by atoms with Crippen LogP contribution < -0.4 is 5.32 Å². The molecule has 1 aromatic heterocycles. The third-order valence-corrected chi connectivity index (χ3v) is 7.07. The highest BCUT2D eigenvalue weighted by Gasteiger charge is 2.19. The number of fused-ring (bicyclic) bond motifs is 1. The minimum Gasteiger partial charge on any atom is -0.350 e. The Kier molecular flexibility index (Phi) is 6.28. The summed E-state index contributed by atoms with van der Waals surface area (Å²) in [4.78, 5) is 17.2. The molecule has 7 nitrogen and oxygen atoms in total. The first-order valence-corrected chi connectivity index (χ1v) is 11.3. The van der Waals surface area contributed by atoms with Crippen LogP contribution in [-0.4, -0.2) is 42.3 Å². The van der Waals surface area contributed by atoms with Crippen LogP contribution in [0.5, 0.6) is 0 Å². The third-order valence-electron chi connectivity index (χ3n) is 5.25. The molecule has 1 heterocycles. The smallest absolute Gasteiger partial charge is 0.242 e. The molecule has 0 aliphatic rings. The van der Waals surface area contributed by atoms with E-state index in [1.165, 1.54) is 24.0 Å². The van der Waals surface area contributed by atoms with Crippen LogP contribution in [0.3, 0.4) is 0 Å². The normalized spacial score (nSPS) is 13.0. The lowest BCUT2D eigenvalue weighted by Gasteiger charge is -2.14. The van der Waals surface area contributed by atoms with Gasteiger partial charge in [-0.25, -0.2) is 17.7 Å². The summed E-state index contributed by atoms with van der Waals surface area (Å²) in [5.41, 5.74) is 3.67. The van der Waals surface area contributed by atoms with Gasteiger partial charge in [-0.05, 0) is 37.6 Å². The fourth-order valence-electron chi connectivity index (χ4n) is 3.30. The van der Waals surface area contributed by atoms with E-state index < -0.39 is 10.0 Å². The molecular formula is C22H28N4O3S. The average molecular weight is 429 g/mol. The number of nitrogens with one attached hydrogen (secondary N) is 1. The maximum atomic E-state index is 12.4. The highest BCUT2D eigenvalue weighted by Crippen LogP contribution is 2.22. The minimum atomic E-state index is -3.52. The first-order valence-electron chi connectivity index (χ1n) is 9.83. The molecule has 0 bridgehead atoms. The van der Waals surface area contributed by atoms with Gasteiger partial charge in [-0.1, -0.05) is 29.8 Å². The van der Waals surface area contributed by atoms with Crippen molar-refractivity contribution in [3.05, 3.63) is 59.4 Å². The summed E-state index contributed by atoms with van der Waals surface area (Å²) >= 11 is 0. The first-order chi connectivity index (χ1) is 14.1. The number of amides is 1. The number of rotatable bonds is 7. The summed E-state index contributed by atoms with van der Waals surface area (Å²) in [5.74, 6) is 0.688. The molecule has 0 spiro atoms. The van der Waals surface area contributed by atoms with E-state index in [-0.39, 0.29) is 16.8 Å². The zero-order valence-electron chi connectivity index (χ0n) is 18.0. The third kappa shape index (κ3) is 4.55. The van der Waals surface area contributed by atoms with Crippen LogP contribution >= 0.6 is 0 Å². The van der Waals surface area contributed by atoms with Gasteiger partial charge in [0.15, 0.2) is 0 Å². The fraction of sp³-hybridized carbons (Fsp3) is 0.364. The number of hydrogen-bond donors (Lipinski definition) is 1. The van der Waals surface area contributed by atoms with Crippen LogP contribution in [0.25, 0.3) is 11.0 Å². The topological polar surface area (TPSA) is 84.3 Å². The van der Waals surface area contributed by atoms with Crippen LogP contribution in [0.1, 0.15) is 36.3 Å². The van der Waals surface area contributed by atoms with Gasteiger partial charge in [0.25, 0.3) is 0 Å². The molecule has 0 fully saturated rings. The number of sulfonamides is 1. The van der Waals surface area contributed by atoms with Gasteiger partial charge in [-0.15, -0.1) is 0 Å². The summed E-state index contributed by atoms with van der Waals surface area (Å²) in [7, 11) is 1.35. The van der Waals surface area contributed by atoms with Gasteiger partial charge >= 0.3 is 0 Å². The summed E-state index contributed by atoms with van der Waals surface area (Å²) < 4.78 is 27.8. The molecule has 0 saturated heterocycles. The van der Waals surface area contributed by atoms with E-state index in [0.29, 0.717) is 18.4 Å². The van der Waals surface area contributed by atoms with Crippen LogP contribution in [0.4, 0.5) is 0 Å². The van der Waals surface area contributed by atoms with E-state index in [4.69, 9.17) is 0 Å². The molecule has 160 valence electrons. The molecule has 2 aromatic carbocycles. The van der Waals surface area contributed by atoms with E-state index >= 15 is 0 Å². The lowest BCUT2D eigenvalue weighted by atomic mass is 10.1. The van der Waals surface area contributed by atoms with Gasteiger partial charge in [-0.2, -0.15) is 0 Å². The molecule has 0 radical (unpaired) electrons. The zero-order valence-corrected chi connectivity index (χ0v) is 18.8. The van der Waals surface area contributed by atoms with E-state index in [2.05, 4.69) is 10.3 Å². The molecule has 0 saturated carbocycles. The Bertz CT molecular complexity index is 1170. The van der Waals surface area contributed by atoms with Gasteiger partial charge in [0, 0.05) is 34.0 Å². The summed E-state index contributed by atoms with van der Waals surface area (Å²) in [6.07, 6.45) is 0.767. The monoisotopic (exact) mass is 428 g/mol. The van der Waals surface area contributed by atoms with Crippen molar-refractivity contribution in [1.82, 2.24) is 19.2 Å². The number of carbonyl (C=O) groups is 1. The highest BCUT2D eigenvalue weighted by molar-refractivity contribution is 7.89. The quantitative estimate of drug-likeness (QED) is 0.627. The van der Waals surface area contributed by atoms with Crippen molar-refractivity contribution >= 4 is 27.0 Å². The van der Waals surface area contributed by atoms with Crippen molar-refractivity contribution in [1.29, 1.82) is 0 Å². The Balaban J connectivity index is 1.70. The van der Waals surface area contributed by atoms with Gasteiger partial charge < -0.3 is 9.88 Å². The van der Waals surface area contributed by atoms with Crippen molar-refractivity contribution in [2.24, 2.45) is 7.05 Å². The van der Waals surface area contributed by atoms with Crippen LogP contribution in [0, 0.1) is 6.92 Å². The Morgan fingerprint density at radius 2 is 1.83 bits per heavy atom. The van der Waals surface area contributed by atoms with Crippen LogP contribution in [-0.2, 0) is 28.3 Å². The molecule has 1 N–H and O–H groups in total. The molecule has 1 amide bonds. The molecule has 3 rings (SSSR count). The Hall–Kier alpha value is -2.71. The number of aromatic nitrogens is 2. The average Bonchev–Trinajstić information content (AvgIpc) is 3.02. The van der Waals surface area contributed by atoms with Gasteiger partial charge in [0.05, 0.1) is 22.0 Å². The molecule has 0 aliphatic heterocycles. The predicted octanol–water partition coefficient (Wildman–Crippen LogP) is 2.94. The number of aryl methyl sites for hydroxylation is 3. The molecule has 3 aromatic rings. The summed E-state index contributed by atoms with van der Waals surface area (Å²) in [6.45, 7) is 3.99. The number of imidazole rings is 1. The SMILES string of the molecule is Cc1ccc(C(C)NC(=O)CCc2nc3cc(S(=O)(=O)N(C)C)ccc3n2C)cc1. The van der Waals surface area contributed by atoms with Crippen molar-refractivity contribution in [3.63, 3.8) is 0 Å². The number of nitrogens with zero attached hydrogens (tertiary/aromatic N) is 3. The van der Waals surface area contributed by atoms with Crippen LogP contribution in [0.15, 0.2) is 47.4 Å². The van der Waals surface area contributed by atoms with E-state index in [9.17, 15) is 13.2 Å². The second kappa shape index (κ2) is 8.57. The second-order valence-corrected chi connectivity index (χ2v) is 9.88. The molecule has 1 atom stereocenters. The lowest BCUT2D eigenvalue weighted by molar-refractivity contribution is -0.121. The fourth-order valence-corrected chi connectivity index (χ4v) is 4.22. The molecule has 8 heteroatoms. The molecule has 30 heavy (non-hydrogen) atoms. The minimum absolute atomic E-state index is 0.0500. The second-order valence-electron chi connectivity index (χ2n) is 7.72. The van der Waals surface area contributed by atoms with Crippen molar-refractivity contribution in [3.8, 4) is 0 Å². The summed E-state index contributed by atoms with van der Waals surface area (Å²) in [6, 6.07) is 12.9. The van der Waals surface area contributed by atoms with Gasteiger partial charge in [0.1, 0.15) is 5.82 Å². The van der Waals surface area contributed by atoms with Gasteiger partial charge in [-0.3, -0.25) is 4.79 Å². The Morgan fingerprint density at radius 3 is 2.47 bits per heavy atom. The highest BCUT2D eigenvalue weighted by atomic mass is 32.2. The Labute approximate surface area is 177 Å². The number of benzene rings is 2. The standard InChI is InChI=1S/C22H28N4O3S/c1-15-6-8-17(9-7-15)16(2)23-22(27)13-12-21-24-19-14-18(30(28,29)25(3)4)10-11-20(19)26(21)5/h6-11,14,16H,12-13H2,1-5H3,(H,23,27). The molecule has 1 unspecified atom stereocenters. The van der Waals surface area contributed by atoms with E-state index in [0.717, 1.165) is 16.9 Å². The van der Waals surface area contributed by atoms with Crippen molar-refractivity contribution < 1.29 is 13.2 Å². The van der Waals surface area contributed by atoms with Crippen molar-refractivity contribution in [2.75, 3.05) is 14.1 Å². The maximum Gasteiger partial charge on any atom is 0.242 e. The largest absolute Gasteiger partial charge is 0.350 e.